The molecule has 0 saturated heterocycles. The van der Waals surface area contributed by atoms with Gasteiger partial charge in [0.1, 0.15) is 10.8 Å². The standard InChI is InChI=1S/C13H11BrN2O3S/c14-7-4-3-6-8(11(15)18)13(20-10(6)9(7)17)16-12(19)5-1-2-5/h3-5,17H,1-2H2,(H2,15,18)(H,16,19). The number of phenolic OH excluding ortho intramolecular Hbond substituents is 1. The van der Waals surface area contributed by atoms with Gasteiger partial charge in [0.15, 0.2) is 0 Å². The fraction of sp³-hybridized carbons (Fsp3) is 0.231. The van der Waals surface area contributed by atoms with Gasteiger partial charge in [-0.25, -0.2) is 0 Å². The molecular formula is C13H11BrN2O3S. The number of primary amides is 1. The summed E-state index contributed by atoms with van der Waals surface area (Å²) in [7, 11) is 0. The molecule has 1 aromatic heterocycles. The van der Waals surface area contributed by atoms with Crippen LogP contribution in [0.15, 0.2) is 16.6 Å². The molecule has 0 atom stereocenters. The largest absolute Gasteiger partial charge is 0.505 e. The van der Waals surface area contributed by atoms with Gasteiger partial charge in [0, 0.05) is 11.3 Å². The summed E-state index contributed by atoms with van der Waals surface area (Å²) in [5.41, 5.74) is 5.66. The van der Waals surface area contributed by atoms with Gasteiger partial charge >= 0.3 is 0 Å². The maximum Gasteiger partial charge on any atom is 0.252 e. The van der Waals surface area contributed by atoms with E-state index < -0.39 is 5.91 Å². The summed E-state index contributed by atoms with van der Waals surface area (Å²) in [4.78, 5) is 23.5. The number of carbonyl (C=O) groups excluding carboxylic acids is 2. The van der Waals surface area contributed by atoms with Gasteiger partial charge in [0.25, 0.3) is 5.91 Å². The van der Waals surface area contributed by atoms with Crippen molar-refractivity contribution in [2.75, 3.05) is 5.32 Å². The predicted octanol–water partition coefficient (Wildman–Crippen LogP) is 2.82. The van der Waals surface area contributed by atoms with Gasteiger partial charge in [-0.1, -0.05) is 6.07 Å². The SMILES string of the molecule is NC(=O)c1c(NC(=O)C2CC2)sc2c(O)c(Br)ccc12. The molecule has 1 heterocycles. The van der Waals surface area contributed by atoms with E-state index in [1.807, 2.05) is 0 Å². The van der Waals surface area contributed by atoms with Gasteiger partial charge < -0.3 is 16.2 Å². The van der Waals surface area contributed by atoms with Crippen molar-refractivity contribution in [3.63, 3.8) is 0 Å². The Hall–Kier alpha value is -1.60. The van der Waals surface area contributed by atoms with Crippen molar-refractivity contribution in [3.05, 3.63) is 22.2 Å². The van der Waals surface area contributed by atoms with E-state index in [0.717, 1.165) is 24.2 Å². The number of aromatic hydroxyl groups is 1. The van der Waals surface area contributed by atoms with E-state index in [9.17, 15) is 14.7 Å². The van der Waals surface area contributed by atoms with Crippen molar-refractivity contribution >= 4 is 54.2 Å². The van der Waals surface area contributed by atoms with Crippen molar-refractivity contribution < 1.29 is 14.7 Å². The molecule has 1 aliphatic carbocycles. The topological polar surface area (TPSA) is 92.4 Å². The highest BCUT2D eigenvalue weighted by Crippen LogP contribution is 2.44. The number of hydrogen-bond acceptors (Lipinski definition) is 4. The maximum atomic E-state index is 11.8. The second-order valence-corrected chi connectivity index (χ2v) is 6.58. The van der Waals surface area contributed by atoms with Crippen LogP contribution in [0, 0.1) is 5.92 Å². The van der Waals surface area contributed by atoms with Crippen molar-refractivity contribution in [1.29, 1.82) is 0 Å². The highest BCUT2D eigenvalue weighted by atomic mass is 79.9. The lowest BCUT2D eigenvalue weighted by Gasteiger charge is -2.03. The Morgan fingerprint density at radius 3 is 2.70 bits per heavy atom. The Morgan fingerprint density at radius 2 is 2.10 bits per heavy atom. The number of halogens is 1. The molecule has 2 amide bonds. The number of rotatable bonds is 3. The second-order valence-electron chi connectivity index (χ2n) is 4.71. The molecular weight excluding hydrogens is 344 g/mol. The zero-order chi connectivity index (χ0) is 14.4. The lowest BCUT2D eigenvalue weighted by Crippen LogP contribution is -2.17. The highest BCUT2D eigenvalue weighted by molar-refractivity contribution is 9.10. The Morgan fingerprint density at radius 1 is 1.40 bits per heavy atom. The van der Waals surface area contributed by atoms with E-state index in [-0.39, 0.29) is 23.1 Å². The van der Waals surface area contributed by atoms with Gasteiger partial charge in [-0.15, -0.1) is 11.3 Å². The fourth-order valence-corrected chi connectivity index (χ4v) is 3.63. The lowest BCUT2D eigenvalue weighted by atomic mass is 10.1. The van der Waals surface area contributed by atoms with Gasteiger partial charge in [0.05, 0.1) is 14.7 Å². The zero-order valence-electron chi connectivity index (χ0n) is 10.3. The molecule has 0 aliphatic heterocycles. The van der Waals surface area contributed by atoms with Crippen LogP contribution in [0.1, 0.15) is 23.2 Å². The molecule has 1 saturated carbocycles. The van der Waals surface area contributed by atoms with E-state index >= 15 is 0 Å². The van der Waals surface area contributed by atoms with Crippen LogP contribution in [0.5, 0.6) is 5.75 Å². The Balaban J connectivity index is 2.14. The molecule has 2 aromatic rings. The first-order valence-electron chi connectivity index (χ1n) is 6.03. The summed E-state index contributed by atoms with van der Waals surface area (Å²) in [6.07, 6.45) is 1.75. The van der Waals surface area contributed by atoms with E-state index in [4.69, 9.17) is 5.73 Å². The molecule has 4 N–H and O–H groups in total. The molecule has 20 heavy (non-hydrogen) atoms. The fourth-order valence-electron chi connectivity index (χ4n) is 2.01. The number of benzene rings is 1. The minimum atomic E-state index is -0.621. The number of fused-ring (bicyclic) bond motifs is 1. The molecule has 0 radical (unpaired) electrons. The first kappa shape index (κ1) is 13.4. The summed E-state index contributed by atoms with van der Waals surface area (Å²) < 4.78 is 1.06. The molecule has 5 nitrogen and oxygen atoms in total. The van der Waals surface area contributed by atoms with Gasteiger partial charge in [-0.05, 0) is 34.8 Å². The van der Waals surface area contributed by atoms with Crippen LogP contribution in [0.3, 0.4) is 0 Å². The average molecular weight is 355 g/mol. The third-order valence-corrected chi connectivity index (χ3v) is 4.98. The Kier molecular flexibility index (Phi) is 3.18. The minimum Gasteiger partial charge on any atom is -0.505 e. The monoisotopic (exact) mass is 354 g/mol. The third-order valence-electron chi connectivity index (χ3n) is 3.21. The smallest absolute Gasteiger partial charge is 0.252 e. The van der Waals surface area contributed by atoms with E-state index in [2.05, 4.69) is 21.2 Å². The quantitative estimate of drug-likeness (QED) is 0.791. The van der Waals surface area contributed by atoms with Gasteiger partial charge in [-0.3, -0.25) is 9.59 Å². The first-order chi connectivity index (χ1) is 9.49. The molecule has 0 spiro atoms. The molecule has 104 valence electrons. The van der Waals surface area contributed by atoms with Crippen LogP contribution in [0.4, 0.5) is 5.00 Å². The number of hydrogen-bond donors (Lipinski definition) is 3. The molecule has 3 rings (SSSR count). The van der Waals surface area contributed by atoms with Gasteiger partial charge in [-0.2, -0.15) is 0 Å². The average Bonchev–Trinajstić information content (AvgIpc) is 3.16. The van der Waals surface area contributed by atoms with E-state index in [1.54, 1.807) is 12.1 Å². The summed E-state index contributed by atoms with van der Waals surface area (Å²) in [5.74, 6) is -0.648. The number of carbonyl (C=O) groups is 2. The minimum absolute atomic E-state index is 0.0290. The molecule has 1 aliphatic rings. The van der Waals surface area contributed by atoms with E-state index in [1.165, 1.54) is 0 Å². The number of anilines is 1. The third kappa shape index (κ3) is 2.16. The summed E-state index contributed by atoms with van der Waals surface area (Å²) in [6, 6.07) is 3.34. The van der Waals surface area contributed by atoms with Crippen molar-refractivity contribution in [2.45, 2.75) is 12.8 Å². The highest BCUT2D eigenvalue weighted by Gasteiger charge is 2.31. The van der Waals surface area contributed by atoms with Crippen LogP contribution in [0.25, 0.3) is 10.1 Å². The normalized spacial score (nSPS) is 14.4. The van der Waals surface area contributed by atoms with Crippen LogP contribution in [-0.2, 0) is 4.79 Å². The van der Waals surface area contributed by atoms with Crippen molar-refractivity contribution in [2.24, 2.45) is 11.7 Å². The lowest BCUT2D eigenvalue weighted by molar-refractivity contribution is -0.117. The summed E-state index contributed by atoms with van der Waals surface area (Å²) in [5, 5.41) is 13.7. The molecule has 0 bridgehead atoms. The van der Waals surface area contributed by atoms with Crippen LogP contribution < -0.4 is 11.1 Å². The Labute approximate surface area is 126 Å². The zero-order valence-corrected chi connectivity index (χ0v) is 12.7. The number of amides is 2. The van der Waals surface area contributed by atoms with Gasteiger partial charge in [0.2, 0.25) is 5.91 Å². The number of phenols is 1. The predicted molar refractivity (Wildman–Crippen MR) is 81.1 cm³/mol. The van der Waals surface area contributed by atoms with Crippen LogP contribution in [0.2, 0.25) is 0 Å². The first-order valence-corrected chi connectivity index (χ1v) is 7.64. The maximum absolute atomic E-state index is 11.8. The summed E-state index contributed by atoms with van der Waals surface area (Å²) in [6.45, 7) is 0. The van der Waals surface area contributed by atoms with E-state index in [0.29, 0.717) is 19.6 Å². The second kappa shape index (κ2) is 4.75. The Bertz CT molecular complexity index is 737. The summed E-state index contributed by atoms with van der Waals surface area (Å²) >= 11 is 4.38. The van der Waals surface area contributed by atoms with Crippen LogP contribution in [-0.4, -0.2) is 16.9 Å². The van der Waals surface area contributed by atoms with Crippen molar-refractivity contribution in [3.8, 4) is 5.75 Å². The van der Waals surface area contributed by atoms with Crippen LogP contribution >= 0.6 is 27.3 Å². The molecule has 7 heteroatoms. The molecule has 1 aromatic carbocycles. The number of nitrogens with one attached hydrogen (secondary N) is 1. The number of nitrogens with two attached hydrogens (primary N) is 1. The van der Waals surface area contributed by atoms with Crippen molar-refractivity contribution in [1.82, 2.24) is 0 Å². The molecule has 0 unspecified atom stereocenters. The molecule has 1 fully saturated rings. The number of thiophene rings is 1.